The number of aromatic nitrogens is 2. The summed E-state index contributed by atoms with van der Waals surface area (Å²) in [5, 5.41) is 22.2. The van der Waals surface area contributed by atoms with Gasteiger partial charge in [0.15, 0.2) is 0 Å². The fourth-order valence-corrected chi connectivity index (χ4v) is 7.13. The first-order valence-electron chi connectivity index (χ1n) is 15.5. The molecule has 254 valence electrons. The third-order valence-electron chi connectivity index (χ3n) is 8.06. The van der Waals surface area contributed by atoms with E-state index in [2.05, 4.69) is 24.3 Å². The van der Waals surface area contributed by atoms with E-state index in [0.29, 0.717) is 61.7 Å². The Bertz CT molecular complexity index is 2150. The normalized spacial score (nSPS) is 13.3. The van der Waals surface area contributed by atoms with Gasteiger partial charge in [0, 0.05) is 61.9 Å². The lowest BCUT2D eigenvalue weighted by atomic mass is 9.97. The molecule has 0 aliphatic carbocycles. The Hall–Kier alpha value is -5.82. The lowest BCUT2D eigenvalue weighted by Crippen LogP contribution is -2.49. The zero-order chi connectivity index (χ0) is 35.1. The SMILES string of the molecule is N#Cc1cc(S(=O)(=O)Nc2ncns2)ccc1Oc1ccc(-c2ccccc2)cc1-c1cccc(C(=O)NCCN2CCN(C(=O)O)CC2)c1. The summed E-state index contributed by atoms with van der Waals surface area (Å²) in [6, 6.07) is 28.5. The van der Waals surface area contributed by atoms with E-state index in [0.717, 1.165) is 22.7 Å². The molecule has 3 N–H and O–H groups in total. The third-order valence-corrected chi connectivity index (χ3v) is 10.1. The van der Waals surface area contributed by atoms with Crippen molar-refractivity contribution >= 4 is 38.7 Å². The van der Waals surface area contributed by atoms with Gasteiger partial charge in [0.25, 0.3) is 15.9 Å². The average Bonchev–Trinajstić information content (AvgIpc) is 3.65. The largest absolute Gasteiger partial charge is 0.465 e. The molecule has 1 aliphatic heterocycles. The summed E-state index contributed by atoms with van der Waals surface area (Å²) in [6.07, 6.45) is 0.312. The molecule has 6 rings (SSSR count). The van der Waals surface area contributed by atoms with Crippen molar-refractivity contribution in [2.24, 2.45) is 0 Å². The zero-order valence-electron chi connectivity index (χ0n) is 26.5. The van der Waals surface area contributed by atoms with E-state index in [1.807, 2.05) is 54.6 Å². The molecule has 1 aliphatic rings. The second-order valence-corrected chi connectivity index (χ2v) is 13.7. The zero-order valence-corrected chi connectivity index (χ0v) is 28.2. The van der Waals surface area contributed by atoms with E-state index in [9.17, 15) is 23.3 Å². The third kappa shape index (κ3) is 8.06. The summed E-state index contributed by atoms with van der Waals surface area (Å²) < 4.78 is 38.3. The maximum Gasteiger partial charge on any atom is 0.407 e. The molecule has 2 amide bonds. The minimum Gasteiger partial charge on any atom is -0.465 e. The summed E-state index contributed by atoms with van der Waals surface area (Å²) in [6.45, 7) is 3.05. The number of sulfonamides is 1. The Morgan fingerprint density at radius 2 is 1.66 bits per heavy atom. The molecular weight excluding hydrogens is 679 g/mol. The summed E-state index contributed by atoms with van der Waals surface area (Å²) >= 11 is 0.886. The van der Waals surface area contributed by atoms with E-state index in [1.54, 1.807) is 24.3 Å². The number of anilines is 1. The van der Waals surface area contributed by atoms with Crippen LogP contribution in [0.5, 0.6) is 11.5 Å². The van der Waals surface area contributed by atoms with Crippen molar-refractivity contribution in [3.63, 3.8) is 0 Å². The first kappa shape index (κ1) is 34.1. The molecule has 0 unspecified atom stereocenters. The number of carbonyl (C=O) groups is 2. The van der Waals surface area contributed by atoms with E-state index < -0.39 is 16.1 Å². The van der Waals surface area contributed by atoms with Crippen molar-refractivity contribution in [1.29, 1.82) is 5.26 Å². The summed E-state index contributed by atoms with van der Waals surface area (Å²) in [4.78, 5) is 31.6. The molecule has 50 heavy (non-hydrogen) atoms. The molecule has 0 spiro atoms. The van der Waals surface area contributed by atoms with Crippen LogP contribution in [0, 0.1) is 11.3 Å². The van der Waals surface area contributed by atoms with Gasteiger partial charge in [-0.05, 0) is 59.2 Å². The summed E-state index contributed by atoms with van der Waals surface area (Å²) in [5.74, 6) is 0.277. The van der Waals surface area contributed by atoms with Crippen molar-refractivity contribution in [2.45, 2.75) is 4.90 Å². The van der Waals surface area contributed by atoms with Gasteiger partial charge in [-0.25, -0.2) is 18.2 Å². The molecule has 1 saturated heterocycles. The van der Waals surface area contributed by atoms with Crippen molar-refractivity contribution < 1.29 is 27.9 Å². The highest BCUT2D eigenvalue weighted by Crippen LogP contribution is 2.38. The second kappa shape index (κ2) is 15.2. The number of rotatable bonds is 11. The average molecular weight is 710 g/mol. The fraction of sp³-hybridized carbons (Fsp3) is 0.171. The van der Waals surface area contributed by atoms with Crippen LogP contribution in [-0.2, 0) is 10.0 Å². The van der Waals surface area contributed by atoms with Crippen LogP contribution in [0.3, 0.4) is 0 Å². The number of carbonyl (C=O) groups excluding carboxylic acids is 1. The maximum atomic E-state index is 13.2. The van der Waals surface area contributed by atoms with E-state index in [1.165, 1.54) is 29.4 Å². The van der Waals surface area contributed by atoms with Gasteiger partial charge >= 0.3 is 6.09 Å². The number of nitrogens with one attached hydrogen (secondary N) is 2. The Balaban J connectivity index is 1.25. The Morgan fingerprint density at radius 1 is 0.900 bits per heavy atom. The fourth-order valence-electron chi connectivity index (χ4n) is 5.44. The Kier molecular flexibility index (Phi) is 10.3. The predicted octanol–water partition coefficient (Wildman–Crippen LogP) is 5.36. The predicted molar refractivity (Wildman–Crippen MR) is 188 cm³/mol. The first-order chi connectivity index (χ1) is 24.2. The van der Waals surface area contributed by atoms with Crippen LogP contribution in [0.25, 0.3) is 22.3 Å². The summed E-state index contributed by atoms with van der Waals surface area (Å²) in [5.41, 5.74) is 3.64. The smallest absolute Gasteiger partial charge is 0.407 e. The Labute approximate surface area is 292 Å². The highest BCUT2D eigenvalue weighted by Gasteiger charge is 2.22. The molecule has 13 nitrogen and oxygen atoms in total. The lowest BCUT2D eigenvalue weighted by molar-refractivity contribution is 0.0930. The number of amides is 2. The van der Waals surface area contributed by atoms with Gasteiger partial charge < -0.3 is 20.1 Å². The monoisotopic (exact) mass is 709 g/mol. The minimum atomic E-state index is -4.04. The van der Waals surface area contributed by atoms with Gasteiger partial charge in [0.1, 0.15) is 23.9 Å². The van der Waals surface area contributed by atoms with Crippen molar-refractivity contribution in [1.82, 2.24) is 24.5 Å². The second-order valence-electron chi connectivity index (χ2n) is 11.2. The van der Waals surface area contributed by atoms with Gasteiger partial charge in [-0.2, -0.15) is 9.64 Å². The number of nitrogens with zero attached hydrogens (tertiary/aromatic N) is 5. The van der Waals surface area contributed by atoms with Gasteiger partial charge in [0.05, 0.1) is 10.5 Å². The van der Waals surface area contributed by atoms with Gasteiger partial charge in [-0.1, -0.05) is 48.5 Å². The lowest BCUT2D eigenvalue weighted by Gasteiger charge is -2.32. The molecule has 1 fully saturated rings. The highest BCUT2D eigenvalue weighted by atomic mass is 32.2. The number of piperazine rings is 1. The number of benzene rings is 4. The standard InChI is InChI=1S/C35H31N7O6S2/c36-22-28-20-29(50(46,47)40-34-38-23-39-49-34)10-12-31(28)48-32-11-9-25(24-5-2-1-3-6-24)21-30(32)26-7-4-8-27(19-26)33(43)37-13-14-41-15-17-42(18-16-41)35(44)45/h1-12,19-21,23H,13-18H2,(H,37,43)(H,44,45)(H,38,39,40). The van der Waals surface area contributed by atoms with Gasteiger partial charge in [-0.15, -0.1) is 0 Å². The number of hydrogen-bond acceptors (Lipinski definition) is 10. The quantitative estimate of drug-likeness (QED) is 0.162. The van der Waals surface area contributed by atoms with Crippen molar-refractivity contribution in [3.05, 3.63) is 108 Å². The van der Waals surface area contributed by atoms with E-state index in [4.69, 9.17) is 9.84 Å². The van der Waals surface area contributed by atoms with Crippen molar-refractivity contribution in [3.8, 4) is 39.8 Å². The molecule has 0 radical (unpaired) electrons. The molecule has 1 aromatic heterocycles. The molecule has 0 atom stereocenters. The molecule has 5 aromatic rings. The highest BCUT2D eigenvalue weighted by molar-refractivity contribution is 7.93. The number of hydrogen-bond donors (Lipinski definition) is 3. The van der Waals surface area contributed by atoms with Gasteiger partial charge in [-0.3, -0.25) is 14.4 Å². The first-order valence-corrected chi connectivity index (χ1v) is 17.8. The van der Waals surface area contributed by atoms with Crippen LogP contribution >= 0.6 is 11.5 Å². The Morgan fingerprint density at radius 3 is 2.38 bits per heavy atom. The number of ether oxygens (including phenoxy) is 1. The minimum absolute atomic E-state index is 0.000673. The number of carboxylic acid groups (broad SMARTS) is 1. The van der Waals surface area contributed by atoms with Crippen LogP contribution in [-0.4, -0.2) is 84.0 Å². The summed E-state index contributed by atoms with van der Waals surface area (Å²) in [7, 11) is -4.04. The van der Waals surface area contributed by atoms with Crippen LogP contribution in [0.4, 0.5) is 9.93 Å². The van der Waals surface area contributed by atoms with E-state index >= 15 is 0 Å². The number of nitriles is 1. The molecule has 15 heteroatoms. The van der Waals surface area contributed by atoms with Crippen LogP contribution in [0.15, 0.2) is 102 Å². The van der Waals surface area contributed by atoms with Crippen molar-refractivity contribution in [2.75, 3.05) is 44.0 Å². The van der Waals surface area contributed by atoms with Gasteiger partial charge in [0.2, 0.25) is 5.13 Å². The molecule has 2 heterocycles. The van der Waals surface area contributed by atoms with E-state index in [-0.39, 0.29) is 27.2 Å². The molecular formula is C35H31N7O6S2. The van der Waals surface area contributed by atoms with Crippen LogP contribution in [0.1, 0.15) is 15.9 Å². The van der Waals surface area contributed by atoms with Crippen LogP contribution < -0.4 is 14.8 Å². The van der Waals surface area contributed by atoms with Crippen LogP contribution in [0.2, 0.25) is 0 Å². The maximum absolute atomic E-state index is 13.2. The molecule has 0 saturated carbocycles. The topological polar surface area (TPSA) is 178 Å². The molecule has 0 bridgehead atoms. The molecule has 4 aromatic carbocycles.